The third-order valence-electron chi connectivity index (χ3n) is 5.38. The van der Waals surface area contributed by atoms with Gasteiger partial charge in [-0.2, -0.15) is 5.10 Å². The van der Waals surface area contributed by atoms with Crippen molar-refractivity contribution in [1.29, 1.82) is 0 Å². The van der Waals surface area contributed by atoms with E-state index in [0.717, 1.165) is 22.6 Å². The van der Waals surface area contributed by atoms with Crippen LogP contribution in [-0.4, -0.2) is 44.4 Å². The van der Waals surface area contributed by atoms with Gasteiger partial charge in [-0.05, 0) is 73.5 Å². The second-order valence-electron chi connectivity index (χ2n) is 8.01. The molecule has 0 spiro atoms. The molecule has 4 rings (SSSR count). The van der Waals surface area contributed by atoms with Gasteiger partial charge in [-0.1, -0.05) is 41.6 Å². The van der Waals surface area contributed by atoms with Crippen molar-refractivity contribution in [3.63, 3.8) is 0 Å². The number of nitrogens with zero attached hydrogens (tertiary/aromatic N) is 4. The van der Waals surface area contributed by atoms with Gasteiger partial charge in [-0.25, -0.2) is 5.43 Å². The van der Waals surface area contributed by atoms with Crippen molar-refractivity contribution in [2.75, 3.05) is 12.4 Å². The minimum Gasteiger partial charge on any atom is -0.507 e. The lowest BCUT2D eigenvalue weighted by molar-refractivity contribution is -0.118. The van der Waals surface area contributed by atoms with Crippen LogP contribution in [0.25, 0.3) is 17.1 Å². The number of halogens is 1. The number of para-hydroxylation sites is 1. The number of hydrogen-bond acceptors (Lipinski definition) is 7. The van der Waals surface area contributed by atoms with E-state index in [2.05, 4.69) is 27.3 Å². The summed E-state index contributed by atoms with van der Waals surface area (Å²) in [4.78, 5) is 12.5. The summed E-state index contributed by atoms with van der Waals surface area (Å²) < 4.78 is 7.44. The van der Waals surface area contributed by atoms with Crippen molar-refractivity contribution in [3.8, 4) is 28.6 Å². The summed E-state index contributed by atoms with van der Waals surface area (Å²) in [6, 6.07) is 20.2. The number of rotatable bonds is 11. The molecule has 0 bridgehead atoms. The van der Waals surface area contributed by atoms with Crippen LogP contribution in [0.3, 0.4) is 0 Å². The molecule has 0 aliphatic rings. The number of phenolic OH excluding ortho intramolecular Hbond substituents is 1. The van der Waals surface area contributed by atoms with E-state index in [1.165, 1.54) is 18.0 Å². The molecule has 1 amide bonds. The van der Waals surface area contributed by atoms with E-state index < -0.39 is 0 Å². The first-order valence-electron chi connectivity index (χ1n) is 11.8. The molecular weight excluding hydrogens is 522 g/mol. The van der Waals surface area contributed by atoms with Crippen molar-refractivity contribution in [3.05, 3.63) is 95.5 Å². The first-order valence-corrected chi connectivity index (χ1v) is 13.2. The minimum absolute atomic E-state index is 0.0512. The molecule has 1 heterocycles. The second-order valence-corrected chi connectivity index (χ2v) is 9.38. The number of hydrazone groups is 1. The first-order chi connectivity index (χ1) is 18.5. The summed E-state index contributed by atoms with van der Waals surface area (Å²) in [5, 5.41) is 24.2. The Morgan fingerprint density at radius 2 is 1.92 bits per heavy atom. The fourth-order valence-electron chi connectivity index (χ4n) is 3.61. The summed E-state index contributed by atoms with van der Waals surface area (Å²) in [5.41, 5.74) is 5.38. The standard InChI is InChI=1S/C28H26ClN5O3S/c1-3-6-19-7-5-8-21(26(19)36)17-30-31-25(35)18-38-28-33-32-27(20-9-11-22(29)12-10-20)34(28)23-13-15-24(16-14-23)37-4-2/h3,5,7-17,36H,1,4,6,18H2,2H3,(H,31,35)/b30-17-. The lowest BCUT2D eigenvalue weighted by Crippen LogP contribution is -2.20. The van der Waals surface area contributed by atoms with E-state index in [-0.39, 0.29) is 17.4 Å². The average Bonchev–Trinajstić information content (AvgIpc) is 3.34. The number of carbonyl (C=O) groups is 1. The second kappa shape index (κ2) is 12.9. The topological polar surface area (TPSA) is 102 Å². The van der Waals surface area contributed by atoms with E-state index >= 15 is 0 Å². The average molecular weight is 548 g/mol. The first kappa shape index (κ1) is 27.0. The number of amides is 1. The smallest absolute Gasteiger partial charge is 0.250 e. The van der Waals surface area contributed by atoms with E-state index in [1.54, 1.807) is 24.3 Å². The Morgan fingerprint density at radius 1 is 1.16 bits per heavy atom. The normalized spacial score (nSPS) is 11.0. The molecule has 0 saturated carbocycles. The lowest BCUT2D eigenvalue weighted by Gasteiger charge is -2.11. The molecule has 194 valence electrons. The monoisotopic (exact) mass is 547 g/mol. The maximum Gasteiger partial charge on any atom is 0.250 e. The van der Waals surface area contributed by atoms with Gasteiger partial charge in [0, 0.05) is 21.8 Å². The van der Waals surface area contributed by atoms with E-state index in [9.17, 15) is 9.90 Å². The fourth-order valence-corrected chi connectivity index (χ4v) is 4.48. The van der Waals surface area contributed by atoms with Gasteiger partial charge in [0.25, 0.3) is 5.91 Å². The quantitative estimate of drug-likeness (QED) is 0.109. The highest BCUT2D eigenvalue weighted by atomic mass is 35.5. The van der Waals surface area contributed by atoms with Crippen molar-refractivity contribution < 1.29 is 14.6 Å². The highest BCUT2D eigenvalue weighted by Gasteiger charge is 2.17. The summed E-state index contributed by atoms with van der Waals surface area (Å²) in [6.45, 7) is 6.19. The highest BCUT2D eigenvalue weighted by Crippen LogP contribution is 2.29. The van der Waals surface area contributed by atoms with Gasteiger partial charge in [0.15, 0.2) is 11.0 Å². The number of thioether (sulfide) groups is 1. The molecule has 0 radical (unpaired) electrons. The Hall–Kier alpha value is -4.08. The molecule has 1 aromatic heterocycles. The van der Waals surface area contributed by atoms with Gasteiger partial charge in [0.1, 0.15) is 11.5 Å². The fraction of sp³-hybridized carbons (Fsp3) is 0.143. The van der Waals surface area contributed by atoms with Crippen LogP contribution in [0.1, 0.15) is 18.1 Å². The van der Waals surface area contributed by atoms with Crippen LogP contribution in [0.5, 0.6) is 11.5 Å². The molecule has 0 fully saturated rings. The number of benzene rings is 3. The number of hydrogen-bond donors (Lipinski definition) is 2. The molecule has 0 unspecified atom stereocenters. The third-order valence-corrected chi connectivity index (χ3v) is 6.56. The van der Waals surface area contributed by atoms with Gasteiger partial charge in [0.2, 0.25) is 0 Å². The Labute approximate surface area is 230 Å². The molecule has 10 heteroatoms. The number of ether oxygens (including phenoxy) is 1. The van der Waals surface area contributed by atoms with Crippen molar-refractivity contribution >= 4 is 35.5 Å². The molecule has 2 N–H and O–H groups in total. The van der Waals surface area contributed by atoms with Gasteiger partial charge in [0.05, 0.1) is 18.6 Å². The SMILES string of the molecule is C=CCc1cccc(/C=N\NC(=O)CSc2nnc(-c3ccc(Cl)cc3)n2-c2ccc(OCC)cc2)c1O. The molecule has 0 saturated heterocycles. The summed E-state index contributed by atoms with van der Waals surface area (Å²) in [5.74, 6) is 1.20. The van der Waals surface area contributed by atoms with Crippen molar-refractivity contribution in [1.82, 2.24) is 20.2 Å². The maximum atomic E-state index is 12.5. The Bertz CT molecular complexity index is 1440. The molecule has 4 aromatic rings. The summed E-state index contributed by atoms with van der Waals surface area (Å²) in [7, 11) is 0. The minimum atomic E-state index is -0.331. The van der Waals surface area contributed by atoms with Crippen LogP contribution in [0.4, 0.5) is 0 Å². The van der Waals surface area contributed by atoms with Crippen LogP contribution in [0.15, 0.2) is 89.6 Å². The van der Waals surface area contributed by atoms with Crippen LogP contribution < -0.4 is 10.2 Å². The molecule has 0 atom stereocenters. The number of carbonyl (C=O) groups excluding carboxylic acids is 1. The number of aromatic nitrogens is 3. The Balaban J connectivity index is 1.50. The third kappa shape index (κ3) is 6.62. The lowest BCUT2D eigenvalue weighted by atomic mass is 10.1. The predicted octanol–water partition coefficient (Wildman–Crippen LogP) is 5.66. The Kier molecular flexibility index (Phi) is 9.18. The van der Waals surface area contributed by atoms with E-state index in [4.69, 9.17) is 16.3 Å². The van der Waals surface area contributed by atoms with Gasteiger partial charge < -0.3 is 9.84 Å². The highest BCUT2D eigenvalue weighted by molar-refractivity contribution is 7.99. The van der Waals surface area contributed by atoms with Crippen molar-refractivity contribution in [2.45, 2.75) is 18.5 Å². The number of nitrogens with one attached hydrogen (secondary N) is 1. The zero-order chi connectivity index (χ0) is 26.9. The predicted molar refractivity (Wildman–Crippen MR) is 151 cm³/mol. The zero-order valence-corrected chi connectivity index (χ0v) is 22.2. The molecular formula is C28H26ClN5O3S. The number of aromatic hydroxyl groups is 1. The van der Waals surface area contributed by atoms with E-state index in [0.29, 0.717) is 34.6 Å². The molecule has 3 aromatic carbocycles. The summed E-state index contributed by atoms with van der Waals surface area (Å²) >= 11 is 7.30. The van der Waals surface area contributed by atoms with Crippen LogP contribution in [0, 0.1) is 0 Å². The summed E-state index contributed by atoms with van der Waals surface area (Å²) in [6.07, 6.45) is 3.65. The van der Waals surface area contributed by atoms with E-state index in [1.807, 2.05) is 60.0 Å². The van der Waals surface area contributed by atoms with Crippen LogP contribution in [0.2, 0.25) is 5.02 Å². The zero-order valence-electron chi connectivity index (χ0n) is 20.7. The molecule has 0 aliphatic heterocycles. The van der Waals surface area contributed by atoms with Gasteiger partial charge >= 0.3 is 0 Å². The van der Waals surface area contributed by atoms with Gasteiger partial charge in [-0.3, -0.25) is 9.36 Å². The molecule has 38 heavy (non-hydrogen) atoms. The number of phenols is 1. The number of allylic oxidation sites excluding steroid dienone is 1. The Morgan fingerprint density at radius 3 is 2.63 bits per heavy atom. The van der Waals surface area contributed by atoms with Gasteiger partial charge in [-0.15, -0.1) is 16.8 Å². The maximum absolute atomic E-state index is 12.5. The van der Waals surface area contributed by atoms with Crippen molar-refractivity contribution in [2.24, 2.45) is 5.10 Å². The largest absolute Gasteiger partial charge is 0.507 e. The van der Waals surface area contributed by atoms with Crippen LogP contribution >= 0.6 is 23.4 Å². The molecule has 0 aliphatic carbocycles. The molecule has 8 nitrogen and oxygen atoms in total. The van der Waals surface area contributed by atoms with Crippen LogP contribution in [-0.2, 0) is 11.2 Å².